The number of nitrogens with two attached hydrogens (primary N) is 1. The van der Waals surface area contributed by atoms with Crippen LogP contribution in [-0.2, 0) is 11.3 Å². The van der Waals surface area contributed by atoms with E-state index < -0.39 is 0 Å². The van der Waals surface area contributed by atoms with Crippen molar-refractivity contribution in [1.29, 1.82) is 0 Å². The Labute approximate surface area is 172 Å². The Balaban J connectivity index is 1.27. The summed E-state index contributed by atoms with van der Waals surface area (Å²) in [5.41, 5.74) is 8.34. The van der Waals surface area contributed by atoms with Crippen molar-refractivity contribution in [3.05, 3.63) is 29.3 Å². The molecule has 0 spiro atoms. The molecule has 154 valence electrons. The van der Waals surface area contributed by atoms with Crippen LogP contribution in [0, 0.1) is 11.8 Å². The van der Waals surface area contributed by atoms with Crippen molar-refractivity contribution in [1.82, 2.24) is 14.7 Å². The van der Waals surface area contributed by atoms with Crippen molar-refractivity contribution in [2.75, 3.05) is 25.4 Å². The topological polar surface area (TPSA) is 69.9 Å². The predicted molar refractivity (Wildman–Crippen MR) is 110 cm³/mol. The maximum Gasteiger partial charge on any atom is 0.255 e. The van der Waals surface area contributed by atoms with Crippen LogP contribution < -0.4 is 5.73 Å². The van der Waals surface area contributed by atoms with E-state index in [2.05, 4.69) is 9.80 Å². The van der Waals surface area contributed by atoms with Gasteiger partial charge in [0.05, 0.1) is 0 Å². The Hall–Kier alpha value is -2.08. The molecule has 2 N–H and O–H groups in total. The Bertz CT molecular complexity index is 868. The number of piperidine rings is 4. The van der Waals surface area contributed by atoms with E-state index in [9.17, 15) is 9.59 Å². The molecule has 0 saturated carbocycles. The van der Waals surface area contributed by atoms with Crippen LogP contribution in [0.2, 0.25) is 0 Å². The van der Waals surface area contributed by atoms with Crippen molar-refractivity contribution in [2.24, 2.45) is 11.8 Å². The van der Waals surface area contributed by atoms with Gasteiger partial charge in [-0.05, 0) is 75.6 Å². The standard InChI is InChI=1S/C23H30N4O2/c24-18-7-1-5-15-17(18)13-27(22(15)28)20-9-8-19-16-6-3-11-25-10-2-4-14(21(16)25)12-26(19)23(20)29/h1,5,7,14,16,19-21H,2-4,6,8-13,24H2/t14-,16+,19+,20-,21-/m0/s1. The molecule has 0 radical (unpaired) electrons. The first-order valence-electron chi connectivity index (χ1n) is 11.4. The van der Waals surface area contributed by atoms with Gasteiger partial charge < -0.3 is 15.5 Å². The van der Waals surface area contributed by atoms with Crippen molar-refractivity contribution >= 4 is 17.5 Å². The molecule has 5 heterocycles. The number of anilines is 1. The van der Waals surface area contributed by atoms with E-state index >= 15 is 0 Å². The lowest BCUT2D eigenvalue weighted by Gasteiger charge is -2.59. The van der Waals surface area contributed by atoms with Crippen molar-refractivity contribution in [3.63, 3.8) is 0 Å². The van der Waals surface area contributed by atoms with E-state index in [4.69, 9.17) is 5.73 Å². The Morgan fingerprint density at radius 3 is 2.62 bits per heavy atom. The molecule has 5 aliphatic heterocycles. The fourth-order valence-electron chi connectivity index (χ4n) is 7.18. The van der Waals surface area contributed by atoms with Gasteiger partial charge in [0.2, 0.25) is 5.91 Å². The van der Waals surface area contributed by atoms with Crippen LogP contribution in [0.1, 0.15) is 54.4 Å². The number of benzene rings is 1. The number of carbonyl (C=O) groups excluding carboxylic acids is 2. The Morgan fingerprint density at radius 1 is 0.966 bits per heavy atom. The summed E-state index contributed by atoms with van der Waals surface area (Å²) in [4.78, 5) is 33.4. The summed E-state index contributed by atoms with van der Waals surface area (Å²) in [5, 5.41) is 0. The molecule has 1 aromatic rings. The highest BCUT2D eigenvalue weighted by Gasteiger charge is 2.53. The molecule has 4 saturated heterocycles. The van der Waals surface area contributed by atoms with Gasteiger partial charge in [-0.2, -0.15) is 0 Å². The minimum absolute atomic E-state index is 0.0273. The molecule has 6 heteroatoms. The highest BCUT2D eigenvalue weighted by molar-refractivity contribution is 6.02. The Kier molecular flexibility index (Phi) is 3.95. The molecule has 5 aliphatic rings. The molecule has 0 aromatic heterocycles. The summed E-state index contributed by atoms with van der Waals surface area (Å²) in [6.45, 7) is 3.83. The minimum Gasteiger partial charge on any atom is -0.398 e. The van der Waals surface area contributed by atoms with Gasteiger partial charge in [-0.1, -0.05) is 6.07 Å². The number of rotatable bonds is 1. The Morgan fingerprint density at radius 2 is 1.79 bits per heavy atom. The monoisotopic (exact) mass is 394 g/mol. The number of fused-ring (bicyclic) bond motifs is 3. The number of hydrogen-bond acceptors (Lipinski definition) is 4. The van der Waals surface area contributed by atoms with Crippen LogP contribution in [0.25, 0.3) is 0 Å². The molecule has 1 aromatic carbocycles. The summed E-state index contributed by atoms with van der Waals surface area (Å²) < 4.78 is 0. The van der Waals surface area contributed by atoms with E-state index in [1.165, 1.54) is 38.8 Å². The molecule has 6 rings (SSSR count). The largest absolute Gasteiger partial charge is 0.398 e. The number of nitrogen functional groups attached to an aromatic ring is 1. The second kappa shape index (κ2) is 6.46. The zero-order chi connectivity index (χ0) is 19.7. The molecule has 29 heavy (non-hydrogen) atoms. The number of amides is 2. The third-order valence-electron chi connectivity index (χ3n) is 8.38. The molecular weight excluding hydrogens is 364 g/mol. The van der Waals surface area contributed by atoms with E-state index in [0.29, 0.717) is 41.7 Å². The highest BCUT2D eigenvalue weighted by Crippen LogP contribution is 2.45. The first-order valence-corrected chi connectivity index (χ1v) is 11.4. The van der Waals surface area contributed by atoms with Crippen LogP contribution in [0.3, 0.4) is 0 Å². The third kappa shape index (κ3) is 2.51. The smallest absolute Gasteiger partial charge is 0.255 e. The van der Waals surface area contributed by atoms with Crippen LogP contribution in [-0.4, -0.2) is 64.3 Å². The maximum atomic E-state index is 13.7. The molecule has 6 nitrogen and oxygen atoms in total. The highest BCUT2D eigenvalue weighted by atomic mass is 16.2. The zero-order valence-electron chi connectivity index (χ0n) is 16.9. The second-order valence-corrected chi connectivity index (χ2v) is 9.69. The quantitative estimate of drug-likeness (QED) is 0.741. The molecule has 5 atom stereocenters. The van der Waals surface area contributed by atoms with Crippen molar-refractivity contribution in [3.8, 4) is 0 Å². The minimum atomic E-state index is -0.328. The summed E-state index contributed by atoms with van der Waals surface area (Å²) >= 11 is 0. The predicted octanol–water partition coefficient (Wildman–Crippen LogP) is 2.09. The van der Waals surface area contributed by atoms with E-state index in [1.54, 1.807) is 4.90 Å². The summed E-state index contributed by atoms with van der Waals surface area (Å²) in [6, 6.07) is 6.24. The number of carbonyl (C=O) groups is 2. The lowest BCUT2D eigenvalue weighted by molar-refractivity contribution is -0.157. The fourth-order valence-corrected chi connectivity index (χ4v) is 7.18. The maximum absolute atomic E-state index is 13.7. The summed E-state index contributed by atoms with van der Waals surface area (Å²) in [7, 11) is 0. The van der Waals surface area contributed by atoms with E-state index in [-0.39, 0.29) is 17.9 Å². The first-order chi connectivity index (χ1) is 14.1. The van der Waals surface area contributed by atoms with Gasteiger partial charge in [0, 0.05) is 42.0 Å². The van der Waals surface area contributed by atoms with Gasteiger partial charge in [0.25, 0.3) is 5.91 Å². The molecular formula is C23H30N4O2. The van der Waals surface area contributed by atoms with Crippen LogP contribution in [0.5, 0.6) is 0 Å². The molecule has 0 aliphatic carbocycles. The van der Waals surface area contributed by atoms with Crippen molar-refractivity contribution in [2.45, 2.75) is 63.2 Å². The normalized spacial score (nSPS) is 36.6. The average molecular weight is 395 g/mol. The van der Waals surface area contributed by atoms with Crippen LogP contribution in [0.4, 0.5) is 5.69 Å². The summed E-state index contributed by atoms with van der Waals surface area (Å²) in [6.07, 6.45) is 6.81. The second-order valence-electron chi connectivity index (χ2n) is 9.69. The SMILES string of the molecule is Nc1cccc2c1CN([C@H]1CC[C@@H]3[C@H]4CCCN5CCC[C@@H](CN3C1=O)[C@@H]45)C2=O. The number of nitrogens with zero attached hydrogens (tertiary/aromatic N) is 3. The molecule has 4 fully saturated rings. The van der Waals surface area contributed by atoms with Gasteiger partial charge in [-0.25, -0.2) is 0 Å². The molecule has 0 bridgehead atoms. The summed E-state index contributed by atoms with van der Waals surface area (Å²) in [5.74, 6) is 1.38. The van der Waals surface area contributed by atoms with Crippen LogP contribution in [0.15, 0.2) is 18.2 Å². The van der Waals surface area contributed by atoms with E-state index in [0.717, 1.165) is 24.9 Å². The zero-order valence-corrected chi connectivity index (χ0v) is 16.9. The lowest BCUT2D eigenvalue weighted by atomic mass is 9.67. The third-order valence-corrected chi connectivity index (χ3v) is 8.38. The lowest BCUT2D eigenvalue weighted by Crippen LogP contribution is -2.69. The average Bonchev–Trinajstić information content (AvgIpc) is 3.07. The van der Waals surface area contributed by atoms with Gasteiger partial charge >= 0.3 is 0 Å². The van der Waals surface area contributed by atoms with Gasteiger partial charge in [-0.15, -0.1) is 0 Å². The van der Waals surface area contributed by atoms with Crippen molar-refractivity contribution < 1.29 is 9.59 Å². The van der Waals surface area contributed by atoms with Gasteiger partial charge in [0.15, 0.2) is 0 Å². The van der Waals surface area contributed by atoms with Gasteiger partial charge in [-0.3, -0.25) is 14.5 Å². The molecule has 0 unspecified atom stereocenters. The first kappa shape index (κ1) is 17.8. The van der Waals surface area contributed by atoms with Crippen LogP contribution >= 0.6 is 0 Å². The fraction of sp³-hybridized carbons (Fsp3) is 0.652. The van der Waals surface area contributed by atoms with Gasteiger partial charge in [0.1, 0.15) is 6.04 Å². The number of hydrogen-bond donors (Lipinski definition) is 1. The molecule has 2 amide bonds. The van der Waals surface area contributed by atoms with E-state index in [1.807, 2.05) is 18.2 Å².